The average Bonchev–Trinajstić information content (AvgIpc) is 2.80. The van der Waals surface area contributed by atoms with Gasteiger partial charge in [0, 0.05) is 25.0 Å². The zero-order valence-corrected chi connectivity index (χ0v) is 16.8. The molecular formula is C25H24N4O. The Morgan fingerprint density at radius 1 is 1.03 bits per heavy atom. The molecule has 3 aromatic rings. The van der Waals surface area contributed by atoms with Crippen molar-refractivity contribution in [2.75, 3.05) is 18.4 Å². The topological polar surface area (TPSA) is 69.0 Å². The minimum atomic E-state index is 0.0316. The van der Waals surface area contributed by atoms with E-state index >= 15 is 0 Å². The summed E-state index contributed by atoms with van der Waals surface area (Å²) in [6.45, 7) is 1.56. The van der Waals surface area contributed by atoms with Crippen LogP contribution in [0.5, 0.6) is 0 Å². The monoisotopic (exact) mass is 396 g/mol. The van der Waals surface area contributed by atoms with Crippen LogP contribution >= 0.6 is 0 Å². The first-order chi connectivity index (χ1) is 14.7. The molecule has 2 heterocycles. The fourth-order valence-electron chi connectivity index (χ4n) is 3.89. The van der Waals surface area contributed by atoms with Gasteiger partial charge in [0.25, 0.3) is 5.91 Å². The Morgan fingerprint density at radius 2 is 1.77 bits per heavy atom. The van der Waals surface area contributed by atoms with Crippen molar-refractivity contribution >= 4 is 17.3 Å². The second-order valence-electron chi connectivity index (χ2n) is 7.70. The summed E-state index contributed by atoms with van der Waals surface area (Å²) in [6, 6.07) is 21.7. The van der Waals surface area contributed by atoms with Gasteiger partial charge in [0.05, 0.1) is 29.1 Å². The minimum absolute atomic E-state index is 0.0316. The van der Waals surface area contributed by atoms with Gasteiger partial charge in [-0.05, 0) is 61.1 Å². The highest BCUT2D eigenvalue weighted by Gasteiger charge is 2.24. The molecule has 4 rings (SSSR count). The normalized spacial score (nSPS) is 14.2. The lowest BCUT2D eigenvalue weighted by Gasteiger charge is -2.32. The molecule has 1 aliphatic rings. The Balaban J connectivity index is 1.35. The molecule has 150 valence electrons. The number of benzene rings is 2. The third kappa shape index (κ3) is 4.84. The highest BCUT2D eigenvalue weighted by Crippen LogP contribution is 2.24. The summed E-state index contributed by atoms with van der Waals surface area (Å²) in [5, 5.41) is 12.2. The summed E-state index contributed by atoms with van der Waals surface area (Å²) in [5.41, 5.74) is 4.17. The molecule has 0 spiro atoms. The summed E-state index contributed by atoms with van der Waals surface area (Å²) in [7, 11) is 0. The molecule has 30 heavy (non-hydrogen) atoms. The highest BCUT2D eigenvalue weighted by molar-refractivity contribution is 5.95. The molecule has 1 aliphatic heterocycles. The van der Waals surface area contributed by atoms with Crippen molar-refractivity contribution in [2.45, 2.75) is 19.3 Å². The Bertz CT molecular complexity index is 1030. The number of anilines is 2. The number of rotatable bonds is 5. The molecule has 0 saturated carbocycles. The van der Waals surface area contributed by atoms with E-state index in [9.17, 15) is 4.79 Å². The number of hydrogen-bond donors (Lipinski definition) is 1. The molecule has 0 radical (unpaired) electrons. The van der Waals surface area contributed by atoms with Gasteiger partial charge in [-0.15, -0.1) is 0 Å². The Morgan fingerprint density at radius 3 is 2.47 bits per heavy atom. The number of nitrogens with zero attached hydrogens (tertiary/aromatic N) is 3. The molecule has 1 amide bonds. The lowest BCUT2D eigenvalue weighted by Crippen LogP contribution is -2.39. The van der Waals surface area contributed by atoms with Gasteiger partial charge in [0.2, 0.25) is 0 Å². The molecular weight excluding hydrogens is 372 g/mol. The van der Waals surface area contributed by atoms with Crippen LogP contribution in [0.2, 0.25) is 0 Å². The maximum atomic E-state index is 13.0. The van der Waals surface area contributed by atoms with Crippen LogP contribution < -0.4 is 5.32 Å². The van der Waals surface area contributed by atoms with E-state index in [1.807, 2.05) is 29.2 Å². The van der Waals surface area contributed by atoms with Crippen LogP contribution in [0.1, 0.15) is 34.3 Å². The van der Waals surface area contributed by atoms with E-state index in [0.29, 0.717) is 17.0 Å². The molecule has 1 saturated heterocycles. The number of aromatic nitrogens is 1. The van der Waals surface area contributed by atoms with Crippen LogP contribution in [-0.4, -0.2) is 28.9 Å². The number of amides is 1. The second kappa shape index (κ2) is 9.23. The Kier molecular flexibility index (Phi) is 6.05. The third-order valence-electron chi connectivity index (χ3n) is 5.56. The fraction of sp³-hybridized carbons (Fsp3) is 0.240. The molecule has 1 aromatic heterocycles. The number of likely N-dealkylation sites (tertiary alicyclic amines) is 1. The number of carbonyl (C=O) groups is 1. The first-order valence-corrected chi connectivity index (χ1v) is 10.3. The molecule has 0 aliphatic carbocycles. The van der Waals surface area contributed by atoms with E-state index in [0.717, 1.165) is 43.7 Å². The second-order valence-corrected chi connectivity index (χ2v) is 7.70. The van der Waals surface area contributed by atoms with Crippen molar-refractivity contribution in [3.63, 3.8) is 0 Å². The largest absolute Gasteiger partial charge is 0.354 e. The van der Waals surface area contributed by atoms with Crippen LogP contribution in [0.3, 0.4) is 0 Å². The van der Waals surface area contributed by atoms with E-state index in [-0.39, 0.29) is 5.91 Å². The van der Waals surface area contributed by atoms with Gasteiger partial charge in [0.1, 0.15) is 0 Å². The van der Waals surface area contributed by atoms with Gasteiger partial charge in [0.15, 0.2) is 0 Å². The molecule has 2 aromatic carbocycles. The minimum Gasteiger partial charge on any atom is -0.354 e. The third-order valence-corrected chi connectivity index (χ3v) is 5.56. The number of carbonyl (C=O) groups excluding carboxylic acids is 1. The van der Waals surface area contributed by atoms with E-state index < -0.39 is 0 Å². The predicted molar refractivity (Wildman–Crippen MR) is 117 cm³/mol. The van der Waals surface area contributed by atoms with E-state index in [1.54, 1.807) is 24.5 Å². The van der Waals surface area contributed by atoms with E-state index in [4.69, 9.17) is 5.26 Å². The number of nitrogens with one attached hydrogen (secondary N) is 1. The number of pyridine rings is 1. The van der Waals surface area contributed by atoms with Gasteiger partial charge < -0.3 is 10.2 Å². The van der Waals surface area contributed by atoms with Crippen molar-refractivity contribution in [3.05, 3.63) is 89.7 Å². The zero-order chi connectivity index (χ0) is 20.8. The van der Waals surface area contributed by atoms with Gasteiger partial charge in [-0.25, -0.2) is 0 Å². The van der Waals surface area contributed by atoms with Crippen LogP contribution in [-0.2, 0) is 6.42 Å². The fourth-order valence-corrected chi connectivity index (χ4v) is 3.89. The van der Waals surface area contributed by atoms with Crippen LogP contribution in [0.15, 0.2) is 73.1 Å². The van der Waals surface area contributed by atoms with Crippen molar-refractivity contribution in [3.8, 4) is 6.07 Å². The highest BCUT2D eigenvalue weighted by atomic mass is 16.2. The van der Waals surface area contributed by atoms with Gasteiger partial charge in [-0.1, -0.05) is 30.3 Å². The van der Waals surface area contributed by atoms with Crippen molar-refractivity contribution in [1.82, 2.24) is 9.88 Å². The number of nitriles is 1. The number of piperidine rings is 1. The average molecular weight is 396 g/mol. The maximum absolute atomic E-state index is 13.0. The molecule has 5 nitrogen and oxygen atoms in total. The summed E-state index contributed by atoms with van der Waals surface area (Å²) in [4.78, 5) is 19.1. The smallest absolute Gasteiger partial charge is 0.255 e. The molecule has 1 fully saturated rings. The standard InChI is InChI=1S/C25H24N4O/c26-16-21-6-8-23(9-7-21)28-24-15-22(17-27-18-24)25(30)29-12-10-20(11-13-29)14-19-4-2-1-3-5-19/h1-9,15,17-18,20,28H,10-14H2. The SMILES string of the molecule is N#Cc1ccc(Nc2cncc(C(=O)N3CCC(Cc4ccccc4)CC3)c2)cc1. The van der Waals surface area contributed by atoms with Crippen molar-refractivity contribution < 1.29 is 4.79 Å². The van der Waals surface area contributed by atoms with Crippen molar-refractivity contribution in [1.29, 1.82) is 5.26 Å². The van der Waals surface area contributed by atoms with Crippen LogP contribution in [0.4, 0.5) is 11.4 Å². The lowest BCUT2D eigenvalue weighted by molar-refractivity contribution is 0.0690. The molecule has 5 heteroatoms. The van der Waals surface area contributed by atoms with Crippen LogP contribution in [0, 0.1) is 17.2 Å². The molecule has 0 bridgehead atoms. The van der Waals surface area contributed by atoms with Crippen molar-refractivity contribution in [2.24, 2.45) is 5.92 Å². The lowest BCUT2D eigenvalue weighted by atomic mass is 9.90. The quantitative estimate of drug-likeness (QED) is 0.673. The molecule has 0 atom stereocenters. The van der Waals surface area contributed by atoms with Crippen LogP contribution in [0.25, 0.3) is 0 Å². The summed E-state index contributed by atoms with van der Waals surface area (Å²) < 4.78 is 0. The summed E-state index contributed by atoms with van der Waals surface area (Å²) >= 11 is 0. The van der Waals surface area contributed by atoms with Gasteiger partial charge in [-0.2, -0.15) is 5.26 Å². The zero-order valence-electron chi connectivity index (χ0n) is 16.8. The Labute approximate surface area is 177 Å². The summed E-state index contributed by atoms with van der Waals surface area (Å²) in [6.07, 6.45) is 6.45. The van der Waals surface area contributed by atoms with E-state index in [2.05, 4.69) is 40.6 Å². The van der Waals surface area contributed by atoms with Gasteiger partial charge >= 0.3 is 0 Å². The first kappa shape index (κ1) is 19.7. The maximum Gasteiger partial charge on any atom is 0.255 e. The predicted octanol–water partition coefficient (Wildman–Crippen LogP) is 4.79. The molecule has 1 N–H and O–H groups in total. The Hall–Kier alpha value is -3.65. The number of hydrogen-bond acceptors (Lipinski definition) is 4. The van der Waals surface area contributed by atoms with E-state index in [1.165, 1.54) is 5.56 Å². The first-order valence-electron chi connectivity index (χ1n) is 10.3. The molecule has 0 unspecified atom stereocenters. The van der Waals surface area contributed by atoms with Gasteiger partial charge in [-0.3, -0.25) is 9.78 Å². The summed E-state index contributed by atoms with van der Waals surface area (Å²) in [5.74, 6) is 0.656.